The topological polar surface area (TPSA) is 35.5 Å². The van der Waals surface area contributed by atoms with Gasteiger partial charge in [-0.15, -0.1) is 0 Å². The molecule has 0 aliphatic carbocycles. The Morgan fingerprint density at radius 2 is 2.58 bits per heavy atom. The maximum Gasteiger partial charge on any atom is 0.302 e. The van der Waals surface area contributed by atoms with Crippen LogP contribution in [0.1, 0.15) is 26.2 Å². The Hall–Kier alpha value is -0.990. The van der Waals surface area contributed by atoms with Gasteiger partial charge >= 0.3 is 5.97 Å². The number of esters is 1. The molecule has 0 aromatic rings. The second kappa shape index (κ2) is 4.80. The molecule has 1 aliphatic heterocycles. The first-order chi connectivity index (χ1) is 5.79. The van der Waals surface area contributed by atoms with Gasteiger partial charge in [-0.1, -0.05) is 0 Å². The second-order valence-electron chi connectivity index (χ2n) is 2.84. The normalized spacial score (nSPS) is 21.6. The maximum atomic E-state index is 10.4. The highest BCUT2D eigenvalue weighted by Crippen LogP contribution is 2.13. The van der Waals surface area contributed by atoms with E-state index in [1.54, 1.807) is 6.26 Å². The van der Waals surface area contributed by atoms with Gasteiger partial charge in [0.15, 0.2) is 0 Å². The Labute approximate surface area is 72.4 Å². The molecule has 68 valence electrons. The molecule has 0 N–H and O–H groups in total. The van der Waals surface area contributed by atoms with E-state index in [-0.39, 0.29) is 12.1 Å². The minimum absolute atomic E-state index is 0.221. The summed E-state index contributed by atoms with van der Waals surface area (Å²) in [5.74, 6) is -0.221. The van der Waals surface area contributed by atoms with Crippen molar-refractivity contribution in [3.8, 4) is 0 Å². The van der Waals surface area contributed by atoms with E-state index in [2.05, 4.69) is 0 Å². The zero-order chi connectivity index (χ0) is 8.81. The van der Waals surface area contributed by atoms with E-state index < -0.39 is 0 Å². The second-order valence-corrected chi connectivity index (χ2v) is 2.84. The molecule has 1 unspecified atom stereocenters. The minimum Gasteiger partial charge on any atom is -0.498 e. The number of allylic oxidation sites excluding steroid dienone is 1. The molecule has 1 atom stereocenters. The van der Waals surface area contributed by atoms with E-state index in [0.717, 1.165) is 19.3 Å². The van der Waals surface area contributed by atoms with Crippen LogP contribution in [0.5, 0.6) is 0 Å². The molecule has 0 fully saturated rings. The lowest BCUT2D eigenvalue weighted by molar-refractivity contribution is -0.141. The molecule has 0 saturated carbocycles. The Bertz CT molecular complexity index is 175. The smallest absolute Gasteiger partial charge is 0.302 e. The van der Waals surface area contributed by atoms with Crippen molar-refractivity contribution in [3.63, 3.8) is 0 Å². The summed E-state index contributed by atoms with van der Waals surface area (Å²) in [7, 11) is 0. The van der Waals surface area contributed by atoms with E-state index >= 15 is 0 Å². The van der Waals surface area contributed by atoms with Crippen molar-refractivity contribution in [2.75, 3.05) is 6.61 Å². The van der Waals surface area contributed by atoms with Crippen LogP contribution in [0.3, 0.4) is 0 Å². The van der Waals surface area contributed by atoms with Gasteiger partial charge in [-0.3, -0.25) is 4.79 Å². The lowest BCUT2D eigenvalue weighted by atomic mass is 10.1. The molecule has 0 bridgehead atoms. The number of carbonyl (C=O) groups is 1. The van der Waals surface area contributed by atoms with Crippen LogP contribution in [-0.4, -0.2) is 18.7 Å². The van der Waals surface area contributed by atoms with Gasteiger partial charge in [-0.25, -0.2) is 0 Å². The molecule has 3 nitrogen and oxygen atoms in total. The predicted octanol–water partition coefficient (Wildman–Crippen LogP) is 1.63. The highest BCUT2D eigenvalue weighted by atomic mass is 16.5. The molecule has 1 rings (SSSR count). The summed E-state index contributed by atoms with van der Waals surface area (Å²) in [6, 6.07) is 0. The zero-order valence-corrected chi connectivity index (χ0v) is 7.29. The minimum atomic E-state index is -0.221. The molecule has 0 amide bonds. The first-order valence-electron chi connectivity index (χ1n) is 4.23. The quantitative estimate of drug-likeness (QED) is 0.604. The van der Waals surface area contributed by atoms with E-state index in [9.17, 15) is 4.79 Å². The fourth-order valence-electron chi connectivity index (χ4n) is 1.13. The van der Waals surface area contributed by atoms with E-state index in [4.69, 9.17) is 9.47 Å². The van der Waals surface area contributed by atoms with Gasteiger partial charge < -0.3 is 9.47 Å². The molecule has 0 spiro atoms. The number of rotatable bonds is 3. The molecule has 0 radical (unpaired) electrons. The Morgan fingerprint density at radius 3 is 3.17 bits per heavy atom. The first kappa shape index (κ1) is 9.10. The van der Waals surface area contributed by atoms with Crippen LogP contribution in [0, 0.1) is 0 Å². The summed E-state index contributed by atoms with van der Waals surface area (Å²) in [4.78, 5) is 10.4. The van der Waals surface area contributed by atoms with Gasteiger partial charge in [0.25, 0.3) is 0 Å². The summed E-state index contributed by atoms with van der Waals surface area (Å²) in [5, 5.41) is 0. The van der Waals surface area contributed by atoms with Crippen molar-refractivity contribution in [2.45, 2.75) is 32.3 Å². The summed E-state index contributed by atoms with van der Waals surface area (Å²) in [6.07, 6.45) is 6.84. The van der Waals surface area contributed by atoms with Gasteiger partial charge in [0.05, 0.1) is 12.9 Å². The van der Waals surface area contributed by atoms with Crippen molar-refractivity contribution in [1.82, 2.24) is 0 Å². The van der Waals surface area contributed by atoms with Gasteiger partial charge in [0.1, 0.15) is 6.10 Å². The molecule has 1 aliphatic rings. The van der Waals surface area contributed by atoms with Gasteiger partial charge in [0, 0.05) is 13.3 Å². The molecule has 12 heavy (non-hydrogen) atoms. The summed E-state index contributed by atoms with van der Waals surface area (Å²) < 4.78 is 10.1. The Balaban J connectivity index is 2.06. The fraction of sp³-hybridized carbons (Fsp3) is 0.667. The SMILES string of the molecule is CC(=O)OCCC1CCC=CO1. The molecule has 1 heterocycles. The average molecular weight is 170 g/mol. The Kier molecular flexibility index (Phi) is 3.64. The number of carbonyl (C=O) groups excluding carboxylic acids is 1. The van der Waals surface area contributed by atoms with E-state index in [1.165, 1.54) is 6.92 Å². The highest BCUT2D eigenvalue weighted by Gasteiger charge is 2.10. The third kappa shape index (κ3) is 3.42. The molecule has 0 aromatic heterocycles. The maximum absolute atomic E-state index is 10.4. The lowest BCUT2D eigenvalue weighted by Gasteiger charge is -2.18. The van der Waals surface area contributed by atoms with Crippen molar-refractivity contribution < 1.29 is 14.3 Å². The lowest BCUT2D eigenvalue weighted by Crippen LogP contribution is -2.16. The summed E-state index contributed by atoms with van der Waals surface area (Å²) >= 11 is 0. The molecular formula is C9H14O3. The van der Waals surface area contributed by atoms with Crippen molar-refractivity contribution in [3.05, 3.63) is 12.3 Å². The molecule has 0 aromatic carbocycles. The highest BCUT2D eigenvalue weighted by molar-refractivity contribution is 5.65. The van der Waals surface area contributed by atoms with Crippen LogP contribution < -0.4 is 0 Å². The van der Waals surface area contributed by atoms with Crippen molar-refractivity contribution in [1.29, 1.82) is 0 Å². The fourth-order valence-corrected chi connectivity index (χ4v) is 1.13. The van der Waals surface area contributed by atoms with Crippen LogP contribution >= 0.6 is 0 Å². The summed E-state index contributed by atoms with van der Waals surface area (Å²) in [5.41, 5.74) is 0. The van der Waals surface area contributed by atoms with Crippen LogP contribution in [0.25, 0.3) is 0 Å². The van der Waals surface area contributed by atoms with E-state index in [0.29, 0.717) is 6.61 Å². The van der Waals surface area contributed by atoms with Gasteiger partial charge in [-0.05, 0) is 18.9 Å². The predicted molar refractivity (Wildman–Crippen MR) is 44.5 cm³/mol. The van der Waals surface area contributed by atoms with Crippen LogP contribution in [0.2, 0.25) is 0 Å². The zero-order valence-electron chi connectivity index (χ0n) is 7.29. The molecule has 3 heteroatoms. The number of ether oxygens (including phenoxy) is 2. The third-order valence-electron chi connectivity index (χ3n) is 1.77. The first-order valence-corrected chi connectivity index (χ1v) is 4.23. The standard InChI is InChI=1S/C9H14O3/c1-8(10)11-7-5-9-4-2-3-6-12-9/h3,6,9H,2,4-5,7H2,1H3. The number of hydrogen-bond acceptors (Lipinski definition) is 3. The van der Waals surface area contributed by atoms with Crippen molar-refractivity contribution >= 4 is 5.97 Å². The van der Waals surface area contributed by atoms with Gasteiger partial charge in [0.2, 0.25) is 0 Å². The monoisotopic (exact) mass is 170 g/mol. The largest absolute Gasteiger partial charge is 0.498 e. The summed E-state index contributed by atoms with van der Waals surface area (Å²) in [6.45, 7) is 1.88. The van der Waals surface area contributed by atoms with E-state index in [1.807, 2.05) is 6.08 Å². The van der Waals surface area contributed by atoms with Gasteiger partial charge in [-0.2, -0.15) is 0 Å². The average Bonchev–Trinajstić information content (AvgIpc) is 2.05. The molecule has 0 saturated heterocycles. The number of hydrogen-bond donors (Lipinski definition) is 0. The third-order valence-corrected chi connectivity index (χ3v) is 1.77. The molecular weight excluding hydrogens is 156 g/mol. The van der Waals surface area contributed by atoms with Crippen LogP contribution in [0.15, 0.2) is 12.3 Å². The Morgan fingerprint density at radius 1 is 1.75 bits per heavy atom. The van der Waals surface area contributed by atoms with Crippen LogP contribution in [0.4, 0.5) is 0 Å². The van der Waals surface area contributed by atoms with Crippen molar-refractivity contribution in [2.24, 2.45) is 0 Å². The van der Waals surface area contributed by atoms with Crippen LogP contribution in [-0.2, 0) is 14.3 Å².